The van der Waals surface area contributed by atoms with Crippen molar-refractivity contribution in [3.05, 3.63) is 111 Å². The summed E-state index contributed by atoms with van der Waals surface area (Å²) >= 11 is 0. The van der Waals surface area contributed by atoms with E-state index in [-0.39, 0.29) is 24.3 Å². The van der Waals surface area contributed by atoms with Gasteiger partial charge in [-0.1, -0.05) is 63.1 Å². The van der Waals surface area contributed by atoms with Gasteiger partial charge in [-0.3, -0.25) is 14.4 Å². The highest BCUT2D eigenvalue weighted by Gasteiger charge is 2.33. The van der Waals surface area contributed by atoms with Crippen LogP contribution in [0.15, 0.2) is 60.7 Å². The lowest BCUT2D eigenvalue weighted by Crippen LogP contribution is -2.43. The van der Waals surface area contributed by atoms with Crippen LogP contribution in [0.3, 0.4) is 0 Å². The molecule has 3 amide bonds. The second-order valence-corrected chi connectivity index (χ2v) is 16.3. The van der Waals surface area contributed by atoms with E-state index in [4.69, 9.17) is 4.79 Å². The number of likely N-dealkylation sites (N-methyl/N-ethyl adjacent to an activating group) is 2. The Kier molecular flexibility index (Phi) is 15.2. The van der Waals surface area contributed by atoms with Crippen LogP contribution in [-0.2, 0) is 61.8 Å². The largest absolute Gasteiger partial charge is 0.373 e. The number of rotatable bonds is 14. The molecule has 1 aromatic heterocycles. The third-order valence-electron chi connectivity index (χ3n) is 12.1. The molecular formula is C48H66N6O3. The number of benzene rings is 3. The van der Waals surface area contributed by atoms with E-state index in [2.05, 4.69) is 142 Å². The molecule has 0 aliphatic carbocycles. The number of fused-ring (bicyclic) bond motifs is 2. The maximum absolute atomic E-state index is 15.0. The number of nitrogens with two attached hydrogens (primary N) is 1. The maximum atomic E-state index is 15.0. The predicted octanol–water partition coefficient (Wildman–Crippen LogP) is 7.50. The lowest BCUT2D eigenvalue weighted by molar-refractivity contribution is -0.131. The first-order valence-electron chi connectivity index (χ1n) is 21.0. The summed E-state index contributed by atoms with van der Waals surface area (Å²) in [5, 5.41) is 0. The number of nitrogens with zero attached hydrogens (tertiary/aromatic N) is 5. The van der Waals surface area contributed by atoms with Gasteiger partial charge in [-0.05, 0) is 130 Å². The number of anilines is 1. The van der Waals surface area contributed by atoms with Gasteiger partial charge in [0.1, 0.15) is 0 Å². The monoisotopic (exact) mass is 775 g/mol. The first kappa shape index (κ1) is 43.2. The third kappa shape index (κ3) is 10.2. The summed E-state index contributed by atoms with van der Waals surface area (Å²) < 4.78 is 2.37. The van der Waals surface area contributed by atoms with E-state index in [1.807, 2.05) is 4.90 Å². The topological polar surface area (TPSA) is 95.1 Å². The van der Waals surface area contributed by atoms with Gasteiger partial charge in [0.15, 0.2) is 0 Å². The zero-order chi connectivity index (χ0) is 41.2. The van der Waals surface area contributed by atoms with E-state index in [9.17, 15) is 4.79 Å². The highest BCUT2D eigenvalue weighted by atomic mass is 16.2. The van der Waals surface area contributed by atoms with Crippen LogP contribution < -0.4 is 10.6 Å². The summed E-state index contributed by atoms with van der Waals surface area (Å²) in [5.74, 6) is 0.220. The molecule has 306 valence electrons. The van der Waals surface area contributed by atoms with Gasteiger partial charge in [-0.25, -0.2) is 0 Å². The molecule has 6 rings (SSSR count). The van der Waals surface area contributed by atoms with Crippen LogP contribution in [0.1, 0.15) is 101 Å². The first-order chi connectivity index (χ1) is 27.4. The van der Waals surface area contributed by atoms with Crippen molar-refractivity contribution in [1.82, 2.24) is 19.3 Å². The van der Waals surface area contributed by atoms with Gasteiger partial charge in [0.05, 0.1) is 12.1 Å². The summed E-state index contributed by atoms with van der Waals surface area (Å²) in [6.45, 7) is 12.7. The van der Waals surface area contributed by atoms with E-state index in [0.717, 1.165) is 92.4 Å². The molecule has 0 fully saturated rings. The van der Waals surface area contributed by atoms with Gasteiger partial charge >= 0.3 is 0 Å². The van der Waals surface area contributed by atoms with E-state index in [0.29, 0.717) is 26.1 Å². The molecule has 0 spiro atoms. The Bertz CT molecular complexity index is 2000. The average molecular weight is 775 g/mol. The Morgan fingerprint density at radius 3 is 2.16 bits per heavy atom. The Balaban J connectivity index is 0.00000200. The molecule has 0 saturated heterocycles. The van der Waals surface area contributed by atoms with Crippen molar-refractivity contribution in [2.75, 3.05) is 45.7 Å². The fourth-order valence-electron chi connectivity index (χ4n) is 8.52. The summed E-state index contributed by atoms with van der Waals surface area (Å²) in [5.41, 5.74) is 18.5. The van der Waals surface area contributed by atoms with Crippen LogP contribution in [0.4, 0.5) is 5.69 Å². The fraction of sp³-hybridized carbons (Fsp3) is 0.479. The Hall–Kier alpha value is -4.89. The molecule has 0 unspecified atom stereocenters. The molecule has 9 nitrogen and oxygen atoms in total. The first-order valence-corrected chi connectivity index (χ1v) is 21.0. The minimum Gasteiger partial charge on any atom is -0.373 e. The molecule has 0 radical (unpaired) electrons. The Morgan fingerprint density at radius 2 is 1.51 bits per heavy atom. The molecule has 4 aromatic rings. The zero-order valence-corrected chi connectivity index (χ0v) is 35.9. The second kappa shape index (κ2) is 20.0. The molecule has 3 heterocycles. The van der Waals surface area contributed by atoms with Crippen molar-refractivity contribution in [3.63, 3.8) is 0 Å². The highest BCUT2D eigenvalue weighted by Crippen LogP contribution is 2.39. The molecule has 2 aliphatic rings. The number of hydrogen-bond donors (Lipinski definition) is 1. The average Bonchev–Trinajstić information content (AvgIpc) is 3.44. The summed E-state index contributed by atoms with van der Waals surface area (Å²) in [6, 6.07) is 21.5. The van der Waals surface area contributed by atoms with Gasteiger partial charge in [0.2, 0.25) is 12.3 Å². The smallest absolute Gasteiger partial charge is 0.255 e. The lowest BCUT2D eigenvalue weighted by Gasteiger charge is -2.36. The van der Waals surface area contributed by atoms with Crippen molar-refractivity contribution in [2.24, 2.45) is 12.8 Å². The number of amides is 3. The Labute approximate surface area is 341 Å². The summed E-state index contributed by atoms with van der Waals surface area (Å²) in [4.78, 5) is 46.0. The van der Waals surface area contributed by atoms with Crippen LogP contribution in [0, 0.1) is 6.92 Å². The van der Waals surface area contributed by atoms with Gasteiger partial charge < -0.3 is 29.9 Å². The fourth-order valence-corrected chi connectivity index (χ4v) is 8.52. The molecule has 0 saturated carbocycles. The number of primary amides is 1. The van der Waals surface area contributed by atoms with Crippen molar-refractivity contribution in [2.45, 2.75) is 105 Å². The number of aromatic nitrogens is 1. The van der Waals surface area contributed by atoms with Crippen molar-refractivity contribution < 1.29 is 14.4 Å². The molecule has 3 aromatic carbocycles. The normalized spacial score (nSPS) is 14.8. The van der Waals surface area contributed by atoms with E-state index < -0.39 is 0 Å². The second-order valence-electron chi connectivity index (χ2n) is 16.3. The number of carbonyl (C=O) groups excluding carboxylic acids is 3. The SMILES string of the molecule is CCCCc1c(CCCC)c(-c2cc3c(cc2C(=O)N2Cc4ccccc4C[C@H]2C)CN(C(=O)Cc2ccc(N(C)CCN(C)C)cc2)CC3)n(C)c1C.NC=O. The molecular weight excluding hydrogens is 709 g/mol. The predicted molar refractivity (Wildman–Crippen MR) is 234 cm³/mol. The highest BCUT2D eigenvalue weighted by molar-refractivity contribution is 6.02. The van der Waals surface area contributed by atoms with Crippen LogP contribution in [0.25, 0.3) is 11.3 Å². The van der Waals surface area contributed by atoms with E-state index in [1.165, 1.54) is 39.2 Å². The lowest BCUT2D eigenvalue weighted by atomic mass is 9.87. The molecule has 2 N–H and O–H groups in total. The quantitative estimate of drug-likeness (QED) is 0.134. The van der Waals surface area contributed by atoms with E-state index >= 15 is 4.79 Å². The zero-order valence-electron chi connectivity index (χ0n) is 35.9. The summed E-state index contributed by atoms with van der Waals surface area (Å²) in [7, 11) is 8.48. The molecule has 9 heteroatoms. The standard InChI is InChI=1S/C47H63N5O2.CH3NO/c1-9-11-17-41-34(4)50(8)46(42(41)18-12-10-2)43-29-37-23-24-51(45(53)28-35-19-21-40(22-20-35)49(7)26-25-48(5)6)31-39(37)30-44(43)47(54)52-32-38-16-14-13-15-36(38)27-33(52)3;2-1-3/h13-16,19-22,29-30,33H,9-12,17-18,23-28,31-32H2,1-8H3;1H,(H2,2,3)/t33-;/m1./s1. The molecule has 0 bridgehead atoms. The van der Waals surface area contributed by atoms with E-state index in [1.54, 1.807) is 0 Å². The van der Waals surface area contributed by atoms with Gasteiger partial charge in [-0.2, -0.15) is 0 Å². The van der Waals surface area contributed by atoms with Crippen molar-refractivity contribution in [1.29, 1.82) is 0 Å². The van der Waals surface area contributed by atoms with Crippen LogP contribution in [-0.4, -0.2) is 84.3 Å². The summed E-state index contributed by atoms with van der Waals surface area (Å²) in [6.07, 6.45) is 8.90. The van der Waals surface area contributed by atoms with Crippen molar-refractivity contribution >= 4 is 23.9 Å². The number of carbonyl (C=O) groups is 3. The number of unbranched alkanes of at least 4 members (excludes halogenated alkanes) is 2. The third-order valence-corrected chi connectivity index (χ3v) is 12.1. The van der Waals surface area contributed by atoms with Gasteiger partial charge in [0, 0.05) is 75.4 Å². The molecule has 57 heavy (non-hydrogen) atoms. The maximum Gasteiger partial charge on any atom is 0.255 e. The Morgan fingerprint density at radius 1 is 0.860 bits per heavy atom. The van der Waals surface area contributed by atoms with Crippen LogP contribution >= 0.6 is 0 Å². The minimum atomic E-state index is 0.0864. The van der Waals surface area contributed by atoms with Crippen molar-refractivity contribution in [3.8, 4) is 11.3 Å². The van der Waals surface area contributed by atoms with Gasteiger partial charge in [-0.15, -0.1) is 0 Å². The van der Waals surface area contributed by atoms with Crippen LogP contribution in [0.5, 0.6) is 0 Å². The van der Waals surface area contributed by atoms with Crippen LogP contribution in [0.2, 0.25) is 0 Å². The minimum absolute atomic E-state index is 0.0864. The number of hydrogen-bond acceptors (Lipinski definition) is 5. The molecule has 2 aliphatic heterocycles. The van der Waals surface area contributed by atoms with Gasteiger partial charge in [0.25, 0.3) is 5.91 Å². The molecule has 1 atom stereocenters.